The number of hydrogen-bond donors (Lipinski definition) is 1. The molecular weight excluding hydrogens is 284 g/mol. The molecular formula is C16H14N2O4. The summed E-state index contributed by atoms with van der Waals surface area (Å²) in [6.45, 7) is 1.82. The number of carbonyl (C=O) groups excluding carboxylic acids is 1. The van der Waals surface area contributed by atoms with Crippen LogP contribution in [-0.2, 0) is 0 Å². The number of anilines is 1. The van der Waals surface area contributed by atoms with E-state index in [1.807, 2.05) is 6.92 Å². The van der Waals surface area contributed by atoms with Gasteiger partial charge in [0.05, 0.1) is 7.11 Å². The zero-order chi connectivity index (χ0) is 15.5. The highest BCUT2D eigenvalue weighted by Gasteiger charge is 2.20. The fraction of sp³-hybridized carbons (Fsp3) is 0.125. The minimum atomic E-state index is -0.372. The van der Waals surface area contributed by atoms with E-state index in [0.717, 1.165) is 5.76 Å². The number of amides is 1. The monoisotopic (exact) mass is 298 g/mol. The van der Waals surface area contributed by atoms with E-state index in [1.54, 1.807) is 43.5 Å². The number of oxazole rings is 1. The lowest BCUT2D eigenvalue weighted by molar-refractivity contribution is 0.102. The molecule has 0 unspecified atom stereocenters. The Balaban J connectivity index is 1.82. The lowest BCUT2D eigenvalue weighted by atomic mass is 10.2. The van der Waals surface area contributed by atoms with Gasteiger partial charge in [-0.25, -0.2) is 4.98 Å². The number of rotatable bonds is 4. The van der Waals surface area contributed by atoms with Gasteiger partial charge in [0, 0.05) is 5.69 Å². The third kappa shape index (κ3) is 2.71. The number of hydrogen-bond acceptors (Lipinski definition) is 5. The van der Waals surface area contributed by atoms with Crippen molar-refractivity contribution in [1.29, 1.82) is 0 Å². The number of methoxy groups -OCH3 is 1. The van der Waals surface area contributed by atoms with Gasteiger partial charge >= 0.3 is 0 Å². The topological polar surface area (TPSA) is 77.5 Å². The number of nitrogens with zero attached hydrogens (tertiary/aromatic N) is 1. The first-order valence-electron chi connectivity index (χ1n) is 6.63. The predicted octanol–water partition coefficient (Wildman–Crippen LogP) is 3.50. The molecule has 0 aliphatic rings. The first kappa shape index (κ1) is 13.9. The summed E-state index contributed by atoms with van der Waals surface area (Å²) >= 11 is 0. The highest BCUT2D eigenvalue weighted by atomic mass is 16.5. The van der Waals surface area contributed by atoms with E-state index in [-0.39, 0.29) is 11.6 Å². The molecule has 0 saturated carbocycles. The van der Waals surface area contributed by atoms with Crippen LogP contribution in [-0.4, -0.2) is 18.0 Å². The SMILES string of the molecule is COc1ccc(NC(=O)c2ncoc2-c2ccc(C)o2)cc1. The van der Waals surface area contributed by atoms with Crippen LogP contribution in [0.3, 0.4) is 0 Å². The summed E-state index contributed by atoms with van der Waals surface area (Å²) in [7, 11) is 1.58. The second kappa shape index (κ2) is 5.77. The number of nitrogens with one attached hydrogen (secondary N) is 1. The van der Waals surface area contributed by atoms with Crippen molar-refractivity contribution < 1.29 is 18.4 Å². The summed E-state index contributed by atoms with van der Waals surface area (Å²) in [6, 6.07) is 10.5. The van der Waals surface area contributed by atoms with Crippen molar-refractivity contribution in [3.8, 4) is 17.3 Å². The van der Waals surface area contributed by atoms with Crippen molar-refractivity contribution in [2.75, 3.05) is 12.4 Å². The molecule has 22 heavy (non-hydrogen) atoms. The fourth-order valence-electron chi connectivity index (χ4n) is 2.00. The fourth-order valence-corrected chi connectivity index (χ4v) is 2.00. The minimum Gasteiger partial charge on any atom is -0.497 e. The average molecular weight is 298 g/mol. The van der Waals surface area contributed by atoms with E-state index in [2.05, 4.69) is 10.3 Å². The summed E-state index contributed by atoms with van der Waals surface area (Å²) < 4.78 is 15.8. The third-order valence-electron chi connectivity index (χ3n) is 3.09. The molecule has 2 heterocycles. The second-order valence-electron chi connectivity index (χ2n) is 4.62. The summed E-state index contributed by atoms with van der Waals surface area (Å²) in [5, 5.41) is 2.75. The number of ether oxygens (including phenoxy) is 1. The van der Waals surface area contributed by atoms with Crippen molar-refractivity contribution in [1.82, 2.24) is 4.98 Å². The number of aromatic nitrogens is 1. The van der Waals surface area contributed by atoms with E-state index < -0.39 is 0 Å². The lowest BCUT2D eigenvalue weighted by Crippen LogP contribution is -2.13. The standard InChI is InChI=1S/C16H14N2O4/c1-10-3-8-13(22-10)15-14(17-9-21-15)16(19)18-11-4-6-12(20-2)7-5-11/h3-9H,1-2H3,(H,18,19). The Hall–Kier alpha value is -3.02. The molecule has 2 aromatic heterocycles. The highest BCUT2D eigenvalue weighted by molar-refractivity contribution is 6.06. The van der Waals surface area contributed by atoms with Gasteiger partial charge in [-0.05, 0) is 43.3 Å². The van der Waals surface area contributed by atoms with E-state index >= 15 is 0 Å². The summed E-state index contributed by atoms with van der Waals surface area (Å²) in [5.74, 6) is 1.84. The highest BCUT2D eigenvalue weighted by Crippen LogP contribution is 2.26. The smallest absolute Gasteiger partial charge is 0.278 e. The Labute approximate surface area is 126 Å². The van der Waals surface area contributed by atoms with Crippen LogP contribution in [0.25, 0.3) is 11.5 Å². The molecule has 0 spiro atoms. The molecule has 0 aliphatic carbocycles. The summed E-state index contributed by atoms with van der Waals surface area (Å²) in [5.41, 5.74) is 0.806. The van der Waals surface area contributed by atoms with E-state index in [0.29, 0.717) is 23.0 Å². The molecule has 3 rings (SSSR count). The van der Waals surface area contributed by atoms with Gasteiger partial charge in [0.2, 0.25) is 5.76 Å². The maximum atomic E-state index is 12.3. The summed E-state index contributed by atoms with van der Waals surface area (Å²) in [4.78, 5) is 16.3. The number of furan rings is 1. The molecule has 0 fully saturated rings. The van der Waals surface area contributed by atoms with Crippen LogP contribution >= 0.6 is 0 Å². The molecule has 6 heteroatoms. The molecule has 0 saturated heterocycles. The maximum absolute atomic E-state index is 12.3. The van der Waals surface area contributed by atoms with Crippen LogP contribution in [0.5, 0.6) is 5.75 Å². The normalized spacial score (nSPS) is 10.5. The first-order valence-corrected chi connectivity index (χ1v) is 6.63. The third-order valence-corrected chi connectivity index (χ3v) is 3.09. The zero-order valence-corrected chi connectivity index (χ0v) is 12.1. The Kier molecular flexibility index (Phi) is 3.65. The zero-order valence-electron chi connectivity index (χ0n) is 12.1. The molecule has 1 amide bonds. The molecule has 0 bridgehead atoms. The van der Waals surface area contributed by atoms with Crippen molar-refractivity contribution in [2.24, 2.45) is 0 Å². The van der Waals surface area contributed by atoms with Crippen LogP contribution in [0.15, 0.2) is 51.6 Å². The van der Waals surface area contributed by atoms with Crippen LogP contribution in [0.4, 0.5) is 5.69 Å². The van der Waals surface area contributed by atoms with E-state index in [4.69, 9.17) is 13.6 Å². The van der Waals surface area contributed by atoms with Crippen molar-refractivity contribution in [2.45, 2.75) is 6.92 Å². The molecule has 3 aromatic rings. The molecule has 112 valence electrons. The van der Waals surface area contributed by atoms with Gasteiger partial charge in [-0.2, -0.15) is 0 Å². The molecule has 1 aromatic carbocycles. The van der Waals surface area contributed by atoms with Crippen molar-refractivity contribution in [3.05, 3.63) is 54.2 Å². The Morgan fingerprint density at radius 2 is 1.95 bits per heavy atom. The van der Waals surface area contributed by atoms with Crippen LogP contribution in [0.2, 0.25) is 0 Å². The van der Waals surface area contributed by atoms with Crippen LogP contribution < -0.4 is 10.1 Å². The van der Waals surface area contributed by atoms with Gasteiger partial charge in [0.15, 0.2) is 17.8 Å². The van der Waals surface area contributed by atoms with E-state index in [1.165, 1.54) is 6.39 Å². The van der Waals surface area contributed by atoms with E-state index in [9.17, 15) is 4.79 Å². The van der Waals surface area contributed by atoms with Gasteiger partial charge in [-0.1, -0.05) is 0 Å². The Morgan fingerprint density at radius 1 is 1.18 bits per heavy atom. The minimum absolute atomic E-state index is 0.171. The molecule has 0 aliphatic heterocycles. The molecule has 1 N–H and O–H groups in total. The van der Waals surface area contributed by atoms with Crippen molar-refractivity contribution >= 4 is 11.6 Å². The van der Waals surface area contributed by atoms with Gasteiger partial charge in [0.25, 0.3) is 5.91 Å². The molecule has 6 nitrogen and oxygen atoms in total. The van der Waals surface area contributed by atoms with Gasteiger partial charge < -0.3 is 18.9 Å². The van der Waals surface area contributed by atoms with Gasteiger partial charge in [-0.3, -0.25) is 4.79 Å². The maximum Gasteiger partial charge on any atom is 0.278 e. The second-order valence-corrected chi connectivity index (χ2v) is 4.62. The quantitative estimate of drug-likeness (QED) is 0.797. The molecule has 0 atom stereocenters. The average Bonchev–Trinajstić information content (AvgIpc) is 3.16. The van der Waals surface area contributed by atoms with Gasteiger partial charge in [-0.15, -0.1) is 0 Å². The van der Waals surface area contributed by atoms with Crippen LogP contribution in [0.1, 0.15) is 16.2 Å². The molecule has 0 radical (unpaired) electrons. The Bertz CT molecular complexity index is 787. The largest absolute Gasteiger partial charge is 0.497 e. The first-order chi connectivity index (χ1) is 10.7. The van der Waals surface area contributed by atoms with Gasteiger partial charge in [0.1, 0.15) is 11.5 Å². The lowest BCUT2D eigenvalue weighted by Gasteiger charge is -2.05. The number of aryl methyl sites for hydroxylation is 1. The number of carbonyl (C=O) groups is 1. The number of benzene rings is 1. The van der Waals surface area contributed by atoms with Crippen LogP contribution in [0, 0.1) is 6.92 Å². The Morgan fingerprint density at radius 3 is 2.59 bits per heavy atom. The predicted molar refractivity (Wildman–Crippen MR) is 79.9 cm³/mol. The summed E-state index contributed by atoms with van der Waals surface area (Å²) in [6.07, 6.45) is 1.22. The van der Waals surface area contributed by atoms with Crippen molar-refractivity contribution in [3.63, 3.8) is 0 Å².